The molecular formula is C23H33ClN2O5S. The molecule has 9 heteroatoms. The maximum Gasteiger partial charge on any atom is 0.260 e. The number of ether oxygens (including phenoxy) is 2. The van der Waals surface area contributed by atoms with E-state index in [-0.39, 0.29) is 30.7 Å². The van der Waals surface area contributed by atoms with Gasteiger partial charge in [0.15, 0.2) is 6.61 Å². The molecule has 1 saturated heterocycles. The van der Waals surface area contributed by atoms with Gasteiger partial charge in [-0.25, -0.2) is 13.1 Å². The first kappa shape index (κ1) is 23.8. The summed E-state index contributed by atoms with van der Waals surface area (Å²) in [6.45, 7) is 4.11. The molecule has 0 radical (unpaired) electrons. The van der Waals surface area contributed by atoms with Crippen LogP contribution in [-0.2, 0) is 19.6 Å². The van der Waals surface area contributed by atoms with Crippen LogP contribution in [0.25, 0.3) is 0 Å². The molecule has 7 nitrogen and oxygen atoms in total. The van der Waals surface area contributed by atoms with Gasteiger partial charge in [-0.05, 0) is 82.1 Å². The number of halogens is 1. The van der Waals surface area contributed by atoms with Gasteiger partial charge in [0.1, 0.15) is 5.75 Å². The van der Waals surface area contributed by atoms with Crippen LogP contribution < -0.4 is 9.46 Å². The summed E-state index contributed by atoms with van der Waals surface area (Å²) in [6, 6.07) is 4.87. The Morgan fingerprint density at radius 3 is 2.62 bits per heavy atom. The normalized spacial score (nSPS) is 29.4. The van der Waals surface area contributed by atoms with Gasteiger partial charge in [-0.15, -0.1) is 0 Å². The molecule has 5 rings (SSSR count). The average molecular weight is 485 g/mol. The van der Waals surface area contributed by atoms with Crippen LogP contribution in [-0.4, -0.2) is 62.4 Å². The lowest BCUT2D eigenvalue weighted by molar-refractivity contribution is -0.140. The fourth-order valence-corrected chi connectivity index (χ4v) is 6.17. The largest absolute Gasteiger partial charge is 0.483 e. The van der Waals surface area contributed by atoms with Gasteiger partial charge >= 0.3 is 0 Å². The summed E-state index contributed by atoms with van der Waals surface area (Å²) >= 11 is 6.26. The molecule has 2 bridgehead atoms. The van der Waals surface area contributed by atoms with Crippen molar-refractivity contribution < 1.29 is 22.7 Å². The molecular weight excluding hydrogens is 452 g/mol. The maximum atomic E-state index is 13.2. The molecule has 0 spiro atoms. The molecule has 3 heterocycles. The van der Waals surface area contributed by atoms with Gasteiger partial charge in [0, 0.05) is 17.6 Å². The van der Waals surface area contributed by atoms with E-state index < -0.39 is 15.3 Å². The van der Waals surface area contributed by atoms with Crippen molar-refractivity contribution in [3.63, 3.8) is 0 Å². The van der Waals surface area contributed by atoms with Gasteiger partial charge in [0.25, 0.3) is 5.91 Å². The van der Waals surface area contributed by atoms with Crippen LogP contribution in [0.5, 0.6) is 5.75 Å². The van der Waals surface area contributed by atoms with Crippen molar-refractivity contribution in [2.75, 3.05) is 19.8 Å². The third-order valence-corrected chi connectivity index (χ3v) is 9.08. The summed E-state index contributed by atoms with van der Waals surface area (Å²) < 4.78 is 40.3. The fraction of sp³-hybridized carbons (Fsp3) is 0.696. The third kappa shape index (κ3) is 5.24. The van der Waals surface area contributed by atoms with Gasteiger partial charge in [-0.2, -0.15) is 0 Å². The van der Waals surface area contributed by atoms with Crippen LogP contribution in [0.15, 0.2) is 18.2 Å². The lowest BCUT2D eigenvalue weighted by atomic mass is 9.82. The molecule has 2 atom stereocenters. The Labute approximate surface area is 195 Å². The zero-order valence-electron chi connectivity index (χ0n) is 18.8. The maximum absolute atomic E-state index is 13.2. The van der Waals surface area contributed by atoms with E-state index >= 15 is 0 Å². The highest BCUT2D eigenvalue weighted by atomic mass is 35.5. The summed E-state index contributed by atoms with van der Waals surface area (Å²) in [7, 11) is -3.46. The summed E-state index contributed by atoms with van der Waals surface area (Å²) in [5.74, 6) is 0.879. The van der Waals surface area contributed by atoms with Crippen molar-refractivity contribution in [3.05, 3.63) is 28.8 Å². The van der Waals surface area contributed by atoms with E-state index in [9.17, 15) is 13.2 Å². The number of piperidine rings is 1. The summed E-state index contributed by atoms with van der Waals surface area (Å²) in [4.78, 5) is 14.9. The van der Waals surface area contributed by atoms with E-state index in [0.717, 1.165) is 37.7 Å². The molecule has 32 heavy (non-hydrogen) atoms. The Morgan fingerprint density at radius 1 is 1.16 bits per heavy atom. The second kappa shape index (κ2) is 9.87. The van der Waals surface area contributed by atoms with E-state index in [1.807, 2.05) is 12.1 Å². The van der Waals surface area contributed by atoms with E-state index in [2.05, 4.69) is 4.72 Å². The minimum absolute atomic E-state index is 0.0923. The third-order valence-electron chi connectivity index (χ3n) is 6.98. The van der Waals surface area contributed by atoms with E-state index in [4.69, 9.17) is 21.1 Å². The van der Waals surface area contributed by atoms with E-state index in [0.29, 0.717) is 36.3 Å². The van der Waals surface area contributed by atoms with Crippen molar-refractivity contribution in [3.8, 4) is 5.75 Å². The second-order valence-corrected chi connectivity index (χ2v) is 12.1. The number of benzene rings is 1. The van der Waals surface area contributed by atoms with Gasteiger partial charge in [0.2, 0.25) is 10.0 Å². The van der Waals surface area contributed by atoms with Crippen molar-refractivity contribution in [2.24, 2.45) is 0 Å². The Kier molecular flexibility index (Phi) is 7.34. The molecule has 1 amide bonds. The summed E-state index contributed by atoms with van der Waals surface area (Å²) in [5.41, 5.74) is 1.06. The number of carbonyl (C=O) groups excluding carboxylic acids is 1. The Hall–Kier alpha value is -1.35. The quantitative estimate of drug-likeness (QED) is 0.710. The SMILES string of the molecule is CC(C)S(=O)(=O)N[C@H]1CCCN2C(=O)COc3ccc(Cl)cc3C3CCC(CC3)OCC12. The predicted molar refractivity (Wildman–Crippen MR) is 124 cm³/mol. The summed E-state index contributed by atoms with van der Waals surface area (Å²) in [5, 5.41) is 0.129. The van der Waals surface area contributed by atoms with Gasteiger partial charge < -0.3 is 14.4 Å². The topological polar surface area (TPSA) is 84.9 Å². The van der Waals surface area contributed by atoms with Crippen LogP contribution >= 0.6 is 11.6 Å². The number of sulfonamides is 1. The van der Waals surface area contributed by atoms with Crippen LogP contribution in [0.1, 0.15) is 63.9 Å². The number of hydrogen-bond donors (Lipinski definition) is 1. The lowest BCUT2D eigenvalue weighted by Gasteiger charge is -2.42. The minimum atomic E-state index is -3.46. The molecule has 1 aromatic rings. The average Bonchev–Trinajstić information content (AvgIpc) is 2.78. The Bertz CT molecular complexity index is 930. The Balaban J connectivity index is 1.61. The molecule has 3 aliphatic heterocycles. The van der Waals surface area contributed by atoms with Gasteiger partial charge in [-0.1, -0.05) is 11.6 Å². The second-order valence-electron chi connectivity index (χ2n) is 9.39. The zero-order valence-corrected chi connectivity index (χ0v) is 20.3. The lowest BCUT2D eigenvalue weighted by Crippen LogP contribution is -2.60. The fourth-order valence-electron chi connectivity index (χ4n) is 5.02. The molecule has 0 aromatic heterocycles. The number of carbonyl (C=O) groups is 1. The number of amides is 1. The number of nitrogens with zero attached hydrogens (tertiary/aromatic N) is 1. The minimum Gasteiger partial charge on any atom is -0.483 e. The number of fused-ring (bicyclic) bond motifs is 5. The van der Waals surface area contributed by atoms with Gasteiger partial charge in [0.05, 0.1) is 24.0 Å². The number of rotatable bonds is 3. The van der Waals surface area contributed by atoms with Crippen LogP contribution in [0.4, 0.5) is 0 Å². The highest BCUT2D eigenvalue weighted by Crippen LogP contribution is 2.40. The zero-order chi connectivity index (χ0) is 22.9. The number of nitrogens with one attached hydrogen (secondary N) is 1. The smallest absolute Gasteiger partial charge is 0.260 e. The van der Waals surface area contributed by atoms with Crippen LogP contribution in [0.2, 0.25) is 5.02 Å². The molecule has 1 unspecified atom stereocenters. The van der Waals surface area contributed by atoms with Gasteiger partial charge in [-0.3, -0.25) is 4.79 Å². The molecule has 2 fully saturated rings. The van der Waals surface area contributed by atoms with Crippen molar-refractivity contribution >= 4 is 27.5 Å². The first-order valence-electron chi connectivity index (χ1n) is 11.6. The van der Waals surface area contributed by atoms with Crippen molar-refractivity contribution in [1.82, 2.24) is 9.62 Å². The Morgan fingerprint density at radius 2 is 1.91 bits per heavy atom. The molecule has 1 aromatic carbocycles. The highest BCUT2D eigenvalue weighted by molar-refractivity contribution is 7.90. The molecule has 4 aliphatic rings. The van der Waals surface area contributed by atoms with E-state index in [1.54, 1.807) is 24.8 Å². The first-order valence-corrected chi connectivity index (χ1v) is 13.5. The summed E-state index contributed by atoms with van der Waals surface area (Å²) in [6.07, 6.45) is 5.28. The number of hydrogen-bond acceptors (Lipinski definition) is 5. The first-order chi connectivity index (χ1) is 15.2. The van der Waals surface area contributed by atoms with Crippen LogP contribution in [0.3, 0.4) is 0 Å². The predicted octanol–water partition coefficient (Wildman–Crippen LogP) is 3.46. The van der Waals surface area contributed by atoms with Crippen LogP contribution in [0, 0.1) is 0 Å². The van der Waals surface area contributed by atoms with Crippen molar-refractivity contribution in [2.45, 2.75) is 81.7 Å². The monoisotopic (exact) mass is 484 g/mol. The molecule has 178 valence electrons. The molecule has 1 saturated carbocycles. The standard InChI is InChI=1S/C23H33ClN2O5S/c1-15(2)32(28,29)25-20-4-3-11-26-21(20)13-30-18-8-5-16(6-9-18)19-12-17(24)7-10-22(19)31-14-23(26)27/h7,10,12,15-16,18,20-21,25H,3-6,8-9,11,13-14H2,1-2H3/t16?,18?,20-,21?/m0/s1. The molecule has 1 N–H and O–H groups in total. The molecule has 1 aliphatic carbocycles. The highest BCUT2D eigenvalue weighted by Gasteiger charge is 2.38. The van der Waals surface area contributed by atoms with Crippen molar-refractivity contribution in [1.29, 1.82) is 0 Å². The van der Waals surface area contributed by atoms with E-state index in [1.165, 1.54) is 0 Å².